The molecule has 0 unspecified atom stereocenters. The van der Waals surface area contributed by atoms with E-state index < -0.39 is 36.3 Å². The molecule has 10 heteroatoms. The third kappa shape index (κ3) is 10.00. The van der Waals surface area contributed by atoms with E-state index in [1.54, 1.807) is 7.11 Å². The molecule has 0 aromatic rings. The lowest BCUT2D eigenvalue weighted by atomic mass is 10.1. The smallest absolute Gasteiger partial charge is 0.367 e. The molecule has 0 saturated heterocycles. The highest BCUT2D eigenvalue weighted by atomic mass is 32.2. The fourth-order valence-corrected chi connectivity index (χ4v) is 3.27. The van der Waals surface area contributed by atoms with Crippen LogP contribution in [0.4, 0.5) is 8.78 Å². The van der Waals surface area contributed by atoms with Crippen LogP contribution >= 0.6 is 0 Å². The number of carbonyl (C=O) groups excluding carboxylic acids is 1. The van der Waals surface area contributed by atoms with Gasteiger partial charge in [0, 0.05) is 13.5 Å². The van der Waals surface area contributed by atoms with Gasteiger partial charge in [-0.05, 0) is 25.6 Å². The highest BCUT2D eigenvalue weighted by molar-refractivity contribution is 7.86. The molecule has 138 valence electrons. The van der Waals surface area contributed by atoms with Crippen LogP contribution in [0.1, 0.15) is 38.5 Å². The van der Waals surface area contributed by atoms with Crippen LogP contribution in [-0.2, 0) is 24.1 Å². The number of esters is 1. The van der Waals surface area contributed by atoms with Gasteiger partial charge in [0.05, 0.1) is 0 Å². The van der Waals surface area contributed by atoms with Crippen molar-refractivity contribution in [2.24, 2.45) is 0 Å². The van der Waals surface area contributed by atoms with Gasteiger partial charge in [-0.1, -0.05) is 25.7 Å². The maximum Gasteiger partial charge on any atom is 0.367 e. The molecule has 0 bridgehead atoms. The molecule has 0 N–H and O–H groups in total. The second kappa shape index (κ2) is 9.65. The van der Waals surface area contributed by atoms with Crippen LogP contribution in [0, 0.1) is 0 Å². The van der Waals surface area contributed by atoms with Gasteiger partial charge in [0.2, 0.25) is 0 Å². The Bertz CT molecular complexity index is 467. The Morgan fingerprint density at radius 3 is 2.17 bits per heavy atom. The van der Waals surface area contributed by atoms with E-state index in [9.17, 15) is 26.5 Å². The average Bonchev–Trinajstić information content (AvgIpc) is 2.43. The molecule has 0 spiro atoms. The first kappa shape index (κ1) is 22.4. The SMILES string of the molecule is CO[Si](C)(C)CCCCCCCC(=O)OCC(F)(F)S(=O)(=O)[O-]. The number of halogens is 2. The summed E-state index contributed by atoms with van der Waals surface area (Å²) in [6, 6.07) is 1.06. The third-order valence-corrected chi connectivity index (χ3v) is 6.99. The van der Waals surface area contributed by atoms with Crippen molar-refractivity contribution < 1.29 is 35.7 Å². The summed E-state index contributed by atoms with van der Waals surface area (Å²) < 4.78 is 65.7. The Labute approximate surface area is 137 Å². The van der Waals surface area contributed by atoms with Gasteiger partial charge >= 0.3 is 11.2 Å². The van der Waals surface area contributed by atoms with E-state index in [1.807, 2.05) is 0 Å². The Morgan fingerprint density at radius 2 is 1.65 bits per heavy atom. The van der Waals surface area contributed by atoms with Crippen molar-refractivity contribution in [3.63, 3.8) is 0 Å². The summed E-state index contributed by atoms with van der Waals surface area (Å²) >= 11 is 0. The van der Waals surface area contributed by atoms with Crippen LogP contribution in [0.2, 0.25) is 19.1 Å². The van der Waals surface area contributed by atoms with E-state index in [0.29, 0.717) is 6.42 Å². The van der Waals surface area contributed by atoms with E-state index in [-0.39, 0.29) is 6.42 Å². The van der Waals surface area contributed by atoms with Crippen LogP contribution < -0.4 is 0 Å². The normalized spacial score (nSPS) is 13.1. The third-order valence-electron chi connectivity index (χ3n) is 3.48. The first-order valence-corrected chi connectivity index (χ1v) is 12.0. The Kier molecular flexibility index (Phi) is 9.40. The molecule has 0 aromatic carbocycles. The number of carbonyl (C=O) groups is 1. The van der Waals surface area contributed by atoms with Gasteiger partial charge in [-0.15, -0.1) is 0 Å². The maximum atomic E-state index is 12.8. The van der Waals surface area contributed by atoms with Crippen LogP contribution in [0.25, 0.3) is 0 Å². The lowest BCUT2D eigenvalue weighted by Crippen LogP contribution is -2.34. The molecule has 0 rings (SSSR count). The molecule has 6 nitrogen and oxygen atoms in total. The lowest BCUT2D eigenvalue weighted by Gasteiger charge is -2.19. The molecule has 0 heterocycles. The minimum atomic E-state index is -5.82. The van der Waals surface area contributed by atoms with Crippen LogP contribution in [-0.4, -0.2) is 46.2 Å². The van der Waals surface area contributed by atoms with Gasteiger partial charge < -0.3 is 13.7 Å². The summed E-state index contributed by atoms with van der Waals surface area (Å²) in [6.45, 7) is 2.55. The molecule has 0 radical (unpaired) electrons. The molecule has 0 fully saturated rings. The van der Waals surface area contributed by atoms with E-state index in [2.05, 4.69) is 17.8 Å². The summed E-state index contributed by atoms with van der Waals surface area (Å²) in [5, 5.41) is -4.58. The van der Waals surface area contributed by atoms with Crippen LogP contribution in [0.3, 0.4) is 0 Å². The van der Waals surface area contributed by atoms with Crippen molar-refractivity contribution in [3.8, 4) is 0 Å². The molecule has 0 aliphatic carbocycles. The van der Waals surface area contributed by atoms with Crippen molar-refractivity contribution in [1.82, 2.24) is 0 Å². The number of unbranched alkanes of at least 4 members (excludes halogenated alkanes) is 4. The molecule has 0 aliphatic rings. The molecule has 0 atom stereocenters. The van der Waals surface area contributed by atoms with Gasteiger partial charge in [-0.2, -0.15) is 8.78 Å². The molecule has 23 heavy (non-hydrogen) atoms. The first-order chi connectivity index (χ1) is 10.4. The van der Waals surface area contributed by atoms with Crippen molar-refractivity contribution in [2.75, 3.05) is 13.7 Å². The molecule has 0 aromatic heterocycles. The molecule has 0 aliphatic heterocycles. The van der Waals surface area contributed by atoms with Crippen molar-refractivity contribution in [3.05, 3.63) is 0 Å². The van der Waals surface area contributed by atoms with E-state index in [0.717, 1.165) is 31.7 Å². The lowest BCUT2D eigenvalue weighted by molar-refractivity contribution is -0.149. The van der Waals surface area contributed by atoms with E-state index >= 15 is 0 Å². The highest BCUT2D eigenvalue weighted by Gasteiger charge is 2.39. The summed E-state index contributed by atoms with van der Waals surface area (Å²) in [4.78, 5) is 11.2. The van der Waals surface area contributed by atoms with Gasteiger partial charge in [0.25, 0.3) is 0 Å². The van der Waals surface area contributed by atoms with E-state index in [1.165, 1.54) is 0 Å². The van der Waals surface area contributed by atoms with Crippen LogP contribution in [0.15, 0.2) is 0 Å². The van der Waals surface area contributed by atoms with Crippen molar-refractivity contribution in [1.29, 1.82) is 0 Å². The summed E-state index contributed by atoms with van der Waals surface area (Å²) in [6.07, 6.45) is 4.10. The quantitative estimate of drug-likeness (QED) is 0.225. The molecular weight excluding hydrogens is 350 g/mol. The minimum Gasteiger partial charge on any atom is -0.743 e. The first-order valence-electron chi connectivity index (χ1n) is 7.45. The number of alkyl halides is 2. The zero-order valence-corrected chi connectivity index (χ0v) is 15.6. The zero-order valence-electron chi connectivity index (χ0n) is 13.8. The molecular formula is C13H25F2O6SSi-. The van der Waals surface area contributed by atoms with Crippen molar-refractivity contribution >= 4 is 24.4 Å². The largest absolute Gasteiger partial charge is 0.743 e. The Balaban J connectivity index is 3.73. The Morgan fingerprint density at radius 1 is 1.13 bits per heavy atom. The maximum absolute atomic E-state index is 12.8. The minimum absolute atomic E-state index is 0.0761. The topological polar surface area (TPSA) is 92.7 Å². The standard InChI is InChI=1S/C13H26F2O6SSi/c1-20-23(2,3)10-8-6-4-5-7-9-12(16)21-11-13(14,15)22(17,18)19/h4-11H2,1-3H3,(H,17,18,19)/p-1. The van der Waals surface area contributed by atoms with E-state index in [4.69, 9.17) is 4.43 Å². The Hall–Kier alpha value is -0.583. The summed E-state index contributed by atoms with van der Waals surface area (Å²) in [5.41, 5.74) is 0. The predicted octanol–water partition coefficient (Wildman–Crippen LogP) is 2.86. The second-order valence-corrected chi connectivity index (χ2v) is 11.9. The van der Waals surface area contributed by atoms with Gasteiger partial charge in [0.1, 0.15) is 0 Å². The monoisotopic (exact) mass is 375 g/mol. The summed E-state index contributed by atoms with van der Waals surface area (Å²) in [7, 11) is -5.62. The summed E-state index contributed by atoms with van der Waals surface area (Å²) in [5.74, 6) is -0.929. The highest BCUT2D eigenvalue weighted by Crippen LogP contribution is 2.21. The number of hydrogen-bond acceptors (Lipinski definition) is 6. The number of rotatable bonds is 12. The predicted molar refractivity (Wildman–Crippen MR) is 82.6 cm³/mol. The number of ether oxygens (including phenoxy) is 1. The van der Waals surface area contributed by atoms with Gasteiger partial charge in [0.15, 0.2) is 25.0 Å². The molecule has 0 saturated carbocycles. The fraction of sp³-hybridized carbons (Fsp3) is 0.923. The zero-order chi connectivity index (χ0) is 18.1. The molecule has 0 amide bonds. The van der Waals surface area contributed by atoms with Crippen LogP contribution in [0.5, 0.6) is 0 Å². The fourth-order valence-electron chi connectivity index (χ4n) is 1.76. The number of hydrogen-bond donors (Lipinski definition) is 0. The van der Waals surface area contributed by atoms with Gasteiger partial charge in [-0.25, -0.2) is 8.42 Å². The van der Waals surface area contributed by atoms with Crippen molar-refractivity contribution in [2.45, 2.75) is 62.9 Å². The average molecular weight is 375 g/mol. The second-order valence-electron chi connectivity index (χ2n) is 5.98. The van der Waals surface area contributed by atoms with Gasteiger partial charge in [-0.3, -0.25) is 4.79 Å².